The molecule has 0 spiro atoms. The maximum Gasteiger partial charge on any atom is 0.235 e. The van der Waals surface area contributed by atoms with Gasteiger partial charge in [0.2, 0.25) is 11.2 Å². The van der Waals surface area contributed by atoms with E-state index in [2.05, 4.69) is 0 Å². The van der Waals surface area contributed by atoms with Crippen LogP contribution in [0.4, 0.5) is 0 Å². The second kappa shape index (κ2) is 5.03. The van der Waals surface area contributed by atoms with Crippen LogP contribution in [-0.2, 0) is 0 Å². The Morgan fingerprint density at radius 2 is 1.62 bits per heavy atom. The van der Waals surface area contributed by atoms with E-state index in [0.29, 0.717) is 16.4 Å². The van der Waals surface area contributed by atoms with Gasteiger partial charge in [-0.05, 0) is 35.0 Å². The average molecular weight is 320 g/mol. The van der Waals surface area contributed by atoms with Gasteiger partial charge in [-0.3, -0.25) is 4.79 Å². The second-order valence-electron chi connectivity index (χ2n) is 5.47. The molecule has 4 rings (SSSR count). The average Bonchev–Trinajstić information content (AvgIpc) is 2.60. The van der Waals surface area contributed by atoms with E-state index in [1.54, 1.807) is 12.1 Å². The van der Waals surface area contributed by atoms with E-state index in [1.165, 1.54) is 18.2 Å². The summed E-state index contributed by atoms with van der Waals surface area (Å²) in [4.78, 5) is 12.7. The molecular weight excluding hydrogens is 308 g/mol. The highest BCUT2D eigenvalue weighted by Crippen LogP contribution is 2.36. The van der Waals surface area contributed by atoms with Crippen molar-refractivity contribution in [3.63, 3.8) is 0 Å². The molecule has 0 saturated carbocycles. The summed E-state index contributed by atoms with van der Waals surface area (Å²) in [6.45, 7) is 0. The molecule has 4 aromatic rings. The first-order chi connectivity index (χ1) is 11.6. The Kier molecular flexibility index (Phi) is 2.96. The fourth-order valence-electron chi connectivity index (χ4n) is 2.81. The van der Waals surface area contributed by atoms with Crippen molar-refractivity contribution in [3.8, 4) is 28.6 Å². The number of benzene rings is 3. The molecule has 3 N–H and O–H groups in total. The molecule has 5 nitrogen and oxygen atoms in total. The van der Waals surface area contributed by atoms with Crippen molar-refractivity contribution >= 4 is 21.7 Å². The van der Waals surface area contributed by atoms with Gasteiger partial charge in [0.1, 0.15) is 5.58 Å². The first-order valence-electron chi connectivity index (χ1n) is 7.26. The van der Waals surface area contributed by atoms with Gasteiger partial charge in [0, 0.05) is 5.56 Å². The predicted molar refractivity (Wildman–Crippen MR) is 90.4 cm³/mol. The summed E-state index contributed by atoms with van der Waals surface area (Å²) < 4.78 is 5.72. The Balaban J connectivity index is 2.09. The third-order valence-corrected chi connectivity index (χ3v) is 4.00. The SMILES string of the molecule is O=c1c(O)c(-c2ccc(O)c(O)c2)oc2ccc3ccccc3c12. The summed E-state index contributed by atoms with van der Waals surface area (Å²) in [5.41, 5.74) is 0.0737. The molecule has 0 radical (unpaired) electrons. The van der Waals surface area contributed by atoms with Gasteiger partial charge in [0.25, 0.3) is 0 Å². The standard InChI is InChI=1S/C19H12O5/c20-13-7-5-11(9-14(13)21)19-18(23)17(22)16-12-4-2-1-3-10(12)6-8-15(16)24-19/h1-9,20-21,23H. The Labute approximate surface area is 135 Å². The number of phenols is 2. The zero-order chi connectivity index (χ0) is 16.8. The number of rotatable bonds is 1. The van der Waals surface area contributed by atoms with Crippen LogP contribution < -0.4 is 5.43 Å². The minimum Gasteiger partial charge on any atom is -0.504 e. The van der Waals surface area contributed by atoms with Crippen LogP contribution in [0, 0.1) is 0 Å². The minimum absolute atomic E-state index is 0.0573. The lowest BCUT2D eigenvalue weighted by Crippen LogP contribution is -2.03. The van der Waals surface area contributed by atoms with E-state index in [1.807, 2.05) is 24.3 Å². The largest absolute Gasteiger partial charge is 0.504 e. The summed E-state index contributed by atoms with van der Waals surface area (Å²) in [6.07, 6.45) is 0. The molecule has 3 aromatic carbocycles. The highest BCUT2D eigenvalue weighted by Gasteiger charge is 2.18. The molecule has 0 aliphatic carbocycles. The van der Waals surface area contributed by atoms with Crippen molar-refractivity contribution < 1.29 is 19.7 Å². The van der Waals surface area contributed by atoms with E-state index >= 15 is 0 Å². The second-order valence-corrected chi connectivity index (χ2v) is 5.47. The smallest absolute Gasteiger partial charge is 0.235 e. The lowest BCUT2D eigenvalue weighted by molar-refractivity contribution is 0.403. The van der Waals surface area contributed by atoms with Crippen molar-refractivity contribution in [2.24, 2.45) is 0 Å². The molecule has 118 valence electrons. The molecule has 0 unspecified atom stereocenters. The fraction of sp³-hybridized carbons (Fsp3) is 0. The van der Waals surface area contributed by atoms with Crippen molar-refractivity contribution in [1.29, 1.82) is 0 Å². The van der Waals surface area contributed by atoms with Crippen LogP contribution in [0.3, 0.4) is 0 Å². The lowest BCUT2D eigenvalue weighted by atomic mass is 10.0. The zero-order valence-corrected chi connectivity index (χ0v) is 12.4. The molecule has 0 aliphatic heterocycles. The Morgan fingerprint density at radius 1 is 0.833 bits per heavy atom. The molecular formula is C19H12O5. The summed E-state index contributed by atoms with van der Waals surface area (Å²) in [5, 5.41) is 31.2. The van der Waals surface area contributed by atoms with Crippen molar-refractivity contribution in [3.05, 3.63) is 64.8 Å². The molecule has 1 heterocycles. The predicted octanol–water partition coefficient (Wildman–Crippen LogP) is 3.73. The minimum atomic E-state index is -0.546. The number of aromatic hydroxyl groups is 3. The third kappa shape index (κ3) is 1.99. The van der Waals surface area contributed by atoms with E-state index in [4.69, 9.17) is 4.42 Å². The van der Waals surface area contributed by atoms with Crippen LogP contribution in [-0.4, -0.2) is 15.3 Å². The molecule has 0 aliphatic rings. The maximum atomic E-state index is 12.7. The molecule has 5 heteroatoms. The summed E-state index contributed by atoms with van der Waals surface area (Å²) in [6, 6.07) is 14.8. The number of hydrogen-bond donors (Lipinski definition) is 3. The molecule has 1 aromatic heterocycles. The van der Waals surface area contributed by atoms with Gasteiger partial charge >= 0.3 is 0 Å². The summed E-state index contributed by atoms with van der Waals surface area (Å²) in [7, 11) is 0. The maximum absolute atomic E-state index is 12.7. The van der Waals surface area contributed by atoms with Gasteiger partial charge in [-0.2, -0.15) is 0 Å². The number of hydrogen-bond acceptors (Lipinski definition) is 5. The lowest BCUT2D eigenvalue weighted by Gasteiger charge is -2.08. The normalized spacial score (nSPS) is 11.2. The van der Waals surface area contributed by atoms with Crippen LogP contribution in [0.2, 0.25) is 0 Å². The molecule has 24 heavy (non-hydrogen) atoms. The third-order valence-electron chi connectivity index (χ3n) is 4.00. The first-order valence-corrected chi connectivity index (χ1v) is 7.26. The first kappa shape index (κ1) is 14.1. The monoisotopic (exact) mass is 320 g/mol. The van der Waals surface area contributed by atoms with E-state index in [0.717, 1.165) is 5.39 Å². The number of phenolic OH excluding ortho intramolecular Hbond substituents is 2. The zero-order valence-electron chi connectivity index (χ0n) is 12.4. The topological polar surface area (TPSA) is 90.9 Å². The fourth-order valence-corrected chi connectivity index (χ4v) is 2.81. The van der Waals surface area contributed by atoms with Gasteiger partial charge in [-0.1, -0.05) is 30.3 Å². The van der Waals surface area contributed by atoms with Crippen LogP contribution in [0.15, 0.2) is 63.8 Å². The highest BCUT2D eigenvalue weighted by molar-refractivity contribution is 6.06. The van der Waals surface area contributed by atoms with E-state index in [9.17, 15) is 20.1 Å². The van der Waals surface area contributed by atoms with Crippen molar-refractivity contribution in [2.45, 2.75) is 0 Å². The molecule has 0 saturated heterocycles. The van der Waals surface area contributed by atoms with E-state index < -0.39 is 11.2 Å². The van der Waals surface area contributed by atoms with Crippen LogP contribution >= 0.6 is 0 Å². The molecule has 0 fully saturated rings. The van der Waals surface area contributed by atoms with Crippen LogP contribution in [0.25, 0.3) is 33.1 Å². The van der Waals surface area contributed by atoms with Gasteiger partial charge in [-0.25, -0.2) is 0 Å². The Hall–Kier alpha value is -3.47. The summed E-state index contributed by atoms with van der Waals surface area (Å²) >= 11 is 0. The molecule has 0 bridgehead atoms. The van der Waals surface area contributed by atoms with E-state index in [-0.39, 0.29) is 22.8 Å². The van der Waals surface area contributed by atoms with Crippen molar-refractivity contribution in [1.82, 2.24) is 0 Å². The molecule has 0 amide bonds. The Morgan fingerprint density at radius 3 is 2.42 bits per heavy atom. The van der Waals surface area contributed by atoms with Gasteiger partial charge in [-0.15, -0.1) is 0 Å². The van der Waals surface area contributed by atoms with Crippen LogP contribution in [0.5, 0.6) is 17.2 Å². The Bertz CT molecular complexity index is 1160. The molecule has 0 atom stereocenters. The summed E-state index contributed by atoms with van der Waals surface area (Å²) in [5.74, 6) is -1.26. The van der Waals surface area contributed by atoms with Gasteiger partial charge in [0.05, 0.1) is 5.39 Å². The quantitative estimate of drug-likeness (QED) is 0.367. The highest BCUT2D eigenvalue weighted by atomic mass is 16.4. The van der Waals surface area contributed by atoms with Gasteiger partial charge in [0.15, 0.2) is 17.3 Å². The number of fused-ring (bicyclic) bond motifs is 3. The van der Waals surface area contributed by atoms with Crippen LogP contribution in [0.1, 0.15) is 0 Å². The van der Waals surface area contributed by atoms with Crippen molar-refractivity contribution in [2.75, 3.05) is 0 Å². The van der Waals surface area contributed by atoms with Gasteiger partial charge < -0.3 is 19.7 Å².